The first kappa shape index (κ1) is 20.4. The van der Waals surface area contributed by atoms with Gasteiger partial charge in [-0.25, -0.2) is 0 Å². The molecule has 1 aliphatic rings. The highest BCUT2D eigenvalue weighted by Gasteiger charge is 2.21. The third kappa shape index (κ3) is 5.83. The summed E-state index contributed by atoms with van der Waals surface area (Å²) in [5.74, 6) is 0.237. The molecular weight excluding hydrogens is 352 g/mol. The highest BCUT2D eigenvalue weighted by atomic mass is 16.2. The molecule has 0 spiro atoms. The average molecular weight is 385 g/mol. The van der Waals surface area contributed by atoms with Crippen LogP contribution in [0.3, 0.4) is 0 Å². The number of aryl methyl sites for hydroxylation is 1. The number of carbonyl (C=O) groups excluding carboxylic acids is 2. The van der Waals surface area contributed by atoms with Gasteiger partial charge in [-0.3, -0.25) is 14.5 Å². The monoisotopic (exact) mass is 384 g/mol. The van der Waals surface area contributed by atoms with Crippen molar-refractivity contribution in [3.63, 3.8) is 0 Å². The first-order valence-corrected chi connectivity index (χ1v) is 10.5. The maximum Gasteiger partial charge on any atom is 0.234 e. The zero-order chi connectivity index (χ0) is 19.8. The van der Waals surface area contributed by atoms with Gasteiger partial charge in [0.1, 0.15) is 0 Å². The largest absolute Gasteiger partial charge is 0.361 e. The minimum absolute atomic E-state index is 0.0987. The summed E-state index contributed by atoms with van der Waals surface area (Å²) in [6.45, 7) is 4.98. The number of amides is 2. The second kappa shape index (κ2) is 10.3. The third-order valence-corrected chi connectivity index (χ3v) is 5.42. The zero-order valence-electron chi connectivity index (χ0n) is 16.8. The number of carbonyl (C=O) groups is 2. The molecule has 1 aromatic heterocycles. The van der Waals surface area contributed by atoms with Gasteiger partial charge >= 0.3 is 0 Å². The lowest BCUT2D eigenvalue weighted by atomic mass is 10.0. The molecule has 2 amide bonds. The number of rotatable bonds is 9. The summed E-state index contributed by atoms with van der Waals surface area (Å²) in [6, 6.07) is 8.50. The molecule has 0 saturated carbocycles. The Morgan fingerprint density at radius 2 is 1.96 bits per heavy atom. The van der Waals surface area contributed by atoms with Crippen LogP contribution in [0.4, 0.5) is 0 Å². The summed E-state index contributed by atoms with van der Waals surface area (Å²) in [6.07, 6.45) is 7.14. The van der Waals surface area contributed by atoms with Gasteiger partial charge in [0.15, 0.2) is 0 Å². The molecule has 1 aliphatic heterocycles. The summed E-state index contributed by atoms with van der Waals surface area (Å²) in [5.41, 5.74) is 2.43. The fourth-order valence-electron chi connectivity index (χ4n) is 3.84. The Morgan fingerprint density at radius 1 is 1.18 bits per heavy atom. The quantitative estimate of drug-likeness (QED) is 0.622. The first-order valence-electron chi connectivity index (χ1n) is 10.5. The van der Waals surface area contributed by atoms with Crippen LogP contribution in [0.5, 0.6) is 0 Å². The molecule has 1 aromatic carbocycles. The van der Waals surface area contributed by atoms with Crippen LogP contribution in [-0.2, 0) is 16.0 Å². The minimum atomic E-state index is 0.0987. The SMILES string of the molecule is CCCNC(=O)CN1CCC(NC(=O)CCCc2c[nH]c3ccccc23)CC1. The normalized spacial score (nSPS) is 15.6. The molecule has 1 fully saturated rings. The zero-order valence-corrected chi connectivity index (χ0v) is 16.8. The van der Waals surface area contributed by atoms with E-state index in [1.165, 1.54) is 10.9 Å². The van der Waals surface area contributed by atoms with E-state index in [4.69, 9.17) is 0 Å². The Hall–Kier alpha value is -2.34. The van der Waals surface area contributed by atoms with Crippen LogP contribution in [0.25, 0.3) is 10.9 Å². The standard InChI is InChI=1S/C22H32N4O2/c1-2-12-23-22(28)16-26-13-10-18(11-14-26)25-21(27)9-5-6-17-15-24-20-8-4-3-7-19(17)20/h3-4,7-8,15,18,24H,2,5-6,9-14,16H2,1H3,(H,23,28)(H,25,27). The molecule has 0 atom stereocenters. The number of para-hydroxylation sites is 1. The van der Waals surface area contributed by atoms with Crippen LogP contribution in [0.2, 0.25) is 0 Å². The Morgan fingerprint density at radius 3 is 2.75 bits per heavy atom. The van der Waals surface area contributed by atoms with Crippen molar-refractivity contribution in [3.05, 3.63) is 36.0 Å². The van der Waals surface area contributed by atoms with Gasteiger partial charge in [-0.15, -0.1) is 0 Å². The molecule has 28 heavy (non-hydrogen) atoms. The maximum absolute atomic E-state index is 12.3. The van der Waals surface area contributed by atoms with E-state index in [0.29, 0.717) is 13.0 Å². The summed E-state index contributed by atoms with van der Waals surface area (Å²) in [5, 5.41) is 7.33. The highest BCUT2D eigenvalue weighted by Crippen LogP contribution is 2.19. The number of hydrogen-bond donors (Lipinski definition) is 3. The molecular formula is C22H32N4O2. The summed E-state index contributed by atoms with van der Waals surface area (Å²) in [7, 11) is 0. The van der Waals surface area contributed by atoms with Crippen LogP contribution >= 0.6 is 0 Å². The van der Waals surface area contributed by atoms with Crippen molar-refractivity contribution in [2.45, 2.75) is 51.5 Å². The van der Waals surface area contributed by atoms with Gasteiger partial charge in [-0.05, 0) is 43.7 Å². The Labute approximate surface area is 167 Å². The minimum Gasteiger partial charge on any atom is -0.361 e. The van der Waals surface area contributed by atoms with E-state index in [1.54, 1.807) is 0 Å². The molecule has 6 nitrogen and oxygen atoms in total. The number of aromatic amines is 1. The van der Waals surface area contributed by atoms with Gasteiger partial charge < -0.3 is 15.6 Å². The lowest BCUT2D eigenvalue weighted by molar-refractivity contribution is -0.124. The third-order valence-electron chi connectivity index (χ3n) is 5.42. The predicted octanol–water partition coefficient (Wildman–Crippen LogP) is 2.60. The molecule has 6 heteroatoms. The number of benzene rings is 1. The summed E-state index contributed by atoms with van der Waals surface area (Å²) < 4.78 is 0. The second-order valence-electron chi connectivity index (χ2n) is 7.68. The van der Waals surface area contributed by atoms with Crippen molar-refractivity contribution >= 4 is 22.7 Å². The van der Waals surface area contributed by atoms with Crippen molar-refractivity contribution in [2.75, 3.05) is 26.2 Å². The molecule has 0 aliphatic carbocycles. The van der Waals surface area contributed by atoms with Gasteiger partial charge in [0.25, 0.3) is 0 Å². The van der Waals surface area contributed by atoms with Crippen LogP contribution in [0.15, 0.2) is 30.5 Å². The van der Waals surface area contributed by atoms with E-state index < -0.39 is 0 Å². The topological polar surface area (TPSA) is 77.2 Å². The van der Waals surface area contributed by atoms with Crippen LogP contribution in [0, 0.1) is 0 Å². The molecule has 152 valence electrons. The van der Waals surface area contributed by atoms with Crippen molar-refractivity contribution in [3.8, 4) is 0 Å². The van der Waals surface area contributed by atoms with Gasteiger partial charge in [0.05, 0.1) is 6.54 Å². The van der Waals surface area contributed by atoms with Crippen molar-refractivity contribution in [2.24, 2.45) is 0 Å². The molecule has 3 N–H and O–H groups in total. The van der Waals surface area contributed by atoms with E-state index in [-0.39, 0.29) is 17.9 Å². The summed E-state index contributed by atoms with van der Waals surface area (Å²) in [4.78, 5) is 29.5. The maximum atomic E-state index is 12.3. The number of hydrogen-bond acceptors (Lipinski definition) is 3. The van der Waals surface area contributed by atoms with E-state index >= 15 is 0 Å². The number of fused-ring (bicyclic) bond motifs is 1. The number of nitrogens with one attached hydrogen (secondary N) is 3. The molecule has 2 aromatic rings. The molecule has 1 saturated heterocycles. The van der Waals surface area contributed by atoms with E-state index in [0.717, 1.165) is 57.3 Å². The lowest BCUT2D eigenvalue weighted by Gasteiger charge is -2.31. The Balaban J connectivity index is 1.33. The van der Waals surface area contributed by atoms with Crippen molar-refractivity contribution in [1.82, 2.24) is 20.5 Å². The number of nitrogens with zero attached hydrogens (tertiary/aromatic N) is 1. The van der Waals surface area contributed by atoms with Gasteiger partial charge in [-0.2, -0.15) is 0 Å². The number of likely N-dealkylation sites (tertiary alicyclic amines) is 1. The van der Waals surface area contributed by atoms with E-state index in [2.05, 4.69) is 45.8 Å². The fraction of sp³-hybridized carbons (Fsp3) is 0.545. The second-order valence-corrected chi connectivity index (χ2v) is 7.68. The predicted molar refractivity (Wildman–Crippen MR) is 112 cm³/mol. The number of aromatic nitrogens is 1. The molecule has 0 unspecified atom stereocenters. The van der Waals surface area contributed by atoms with Gasteiger partial charge in [0, 0.05) is 49.2 Å². The van der Waals surface area contributed by atoms with Gasteiger partial charge in [0.2, 0.25) is 11.8 Å². The molecule has 0 bridgehead atoms. The van der Waals surface area contributed by atoms with Crippen molar-refractivity contribution < 1.29 is 9.59 Å². The molecule has 0 radical (unpaired) electrons. The fourth-order valence-corrected chi connectivity index (χ4v) is 3.84. The number of piperidine rings is 1. The smallest absolute Gasteiger partial charge is 0.234 e. The lowest BCUT2D eigenvalue weighted by Crippen LogP contribution is -2.47. The molecule has 3 rings (SSSR count). The van der Waals surface area contributed by atoms with Crippen LogP contribution in [-0.4, -0.2) is 53.9 Å². The van der Waals surface area contributed by atoms with Crippen molar-refractivity contribution in [1.29, 1.82) is 0 Å². The Bertz CT molecular complexity index is 778. The Kier molecular flexibility index (Phi) is 7.48. The van der Waals surface area contributed by atoms with E-state index in [9.17, 15) is 9.59 Å². The summed E-state index contributed by atoms with van der Waals surface area (Å²) >= 11 is 0. The van der Waals surface area contributed by atoms with E-state index in [1.807, 2.05) is 12.1 Å². The van der Waals surface area contributed by atoms with Gasteiger partial charge in [-0.1, -0.05) is 25.1 Å². The average Bonchev–Trinajstić information content (AvgIpc) is 3.11. The first-order chi connectivity index (χ1) is 13.7. The van der Waals surface area contributed by atoms with Crippen LogP contribution < -0.4 is 10.6 Å². The highest BCUT2D eigenvalue weighted by molar-refractivity contribution is 5.83. The van der Waals surface area contributed by atoms with Crippen LogP contribution in [0.1, 0.15) is 44.6 Å². The number of H-pyrrole nitrogens is 1. The molecule has 2 heterocycles.